The second-order valence-electron chi connectivity index (χ2n) is 7.20. The van der Waals surface area contributed by atoms with E-state index in [1.165, 1.54) is 9.25 Å². The molecule has 3 rings (SSSR count). The van der Waals surface area contributed by atoms with E-state index < -0.39 is 0 Å². The summed E-state index contributed by atoms with van der Waals surface area (Å²) in [5.41, 5.74) is 1.01. The molecule has 0 spiro atoms. The number of hydrogen-bond acceptors (Lipinski definition) is 4. The number of hydrogen-bond donors (Lipinski definition) is 1. The van der Waals surface area contributed by atoms with Crippen LogP contribution in [-0.4, -0.2) is 33.9 Å². The van der Waals surface area contributed by atoms with Gasteiger partial charge in [0.2, 0.25) is 5.91 Å². The Bertz CT molecular complexity index is 1000. The number of nitrogens with zero attached hydrogens (tertiary/aromatic N) is 3. The first-order valence-corrected chi connectivity index (χ1v) is 9.66. The maximum absolute atomic E-state index is 13.1. The van der Waals surface area contributed by atoms with Crippen LogP contribution in [0, 0.1) is 5.92 Å². The fraction of sp³-hybridized carbons (Fsp3) is 0.318. The van der Waals surface area contributed by atoms with E-state index in [-0.39, 0.29) is 18.1 Å². The van der Waals surface area contributed by atoms with E-state index in [1.807, 2.05) is 30.3 Å². The summed E-state index contributed by atoms with van der Waals surface area (Å²) in [4.78, 5) is 25.5. The molecule has 3 aromatic rings. The van der Waals surface area contributed by atoms with Crippen LogP contribution in [-0.2, 0) is 11.3 Å². The average molecular weight is 394 g/mol. The molecule has 0 fully saturated rings. The highest BCUT2D eigenvalue weighted by molar-refractivity contribution is 5.76. The Hall–Kier alpha value is -3.35. The molecule has 0 saturated heterocycles. The standard InChI is InChI=1S/C22H26N4O3/c1-16(2)13-14-23-20(27)15-25-21(17-7-5-4-6-8-17)24-26(22(25)28)18-9-11-19(29-3)12-10-18/h4-12,16H,13-15H2,1-3H3,(H,23,27). The minimum Gasteiger partial charge on any atom is -0.497 e. The molecule has 0 bridgehead atoms. The molecule has 1 heterocycles. The minimum atomic E-state index is -0.368. The van der Waals surface area contributed by atoms with Crippen molar-refractivity contribution in [2.45, 2.75) is 26.8 Å². The van der Waals surface area contributed by atoms with E-state index >= 15 is 0 Å². The van der Waals surface area contributed by atoms with Crippen LogP contribution in [0.1, 0.15) is 20.3 Å². The number of rotatable bonds is 8. The Balaban J connectivity index is 1.95. The molecule has 7 nitrogen and oxygen atoms in total. The van der Waals surface area contributed by atoms with Gasteiger partial charge in [-0.05, 0) is 36.6 Å². The zero-order valence-corrected chi connectivity index (χ0v) is 17.0. The molecule has 152 valence electrons. The van der Waals surface area contributed by atoms with Gasteiger partial charge in [0.15, 0.2) is 5.82 Å². The first-order chi connectivity index (χ1) is 14.0. The quantitative estimate of drug-likeness (QED) is 0.637. The van der Waals surface area contributed by atoms with Gasteiger partial charge in [0.05, 0.1) is 12.8 Å². The SMILES string of the molecule is COc1ccc(-n2nc(-c3ccccc3)n(CC(=O)NCCC(C)C)c2=O)cc1. The maximum atomic E-state index is 13.1. The third kappa shape index (κ3) is 4.93. The molecular weight excluding hydrogens is 368 g/mol. The van der Waals surface area contributed by atoms with Crippen LogP contribution in [0.4, 0.5) is 0 Å². The van der Waals surface area contributed by atoms with E-state index in [4.69, 9.17) is 4.74 Å². The summed E-state index contributed by atoms with van der Waals surface area (Å²) in [6.07, 6.45) is 0.886. The van der Waals surface area contributed by atoms with Crippen molar-refractivity contribution in [2.24, 2.45) is 5.92 Å². The third-order valence-electron chi connectivity index (χ3n) is 4.56. The number of amides is 1. The van der Waals surface area contributed by atoms with Gasteiger partial charge in [-0.25, -0.2) is 4.79 Å². The lowest BCUT2D eigenvalue weighted by Crippen LogP contribution is -2.34. The normalized spacial score (nSPS) is 10.9. The summed E-state index contributed by atoms with van der Waals surface area (Å²) in [7, 11) is 1.58. The average Bonchev–Trinajstić information content (AvgIpc) is 3.04. The first-order valence-electron chi connectivity index (χ1n) is 9.66. The Morgan fingerprint density at radius 3 is 2.41 bits per heavy atom. The predicted octanol–water partition coefficient (Wildman–Crippen LogP) is 2.87. The van der Waals surface area contributed by atoms with Crippen LogP contribution in [0.3, 0.4) is 0 Å². The topological polar surface area (TPSA) is 78.2 Å². The molecule has 7 heteroatoms. The molecule has 0 saturated carbocycles. The number of benzene rings is 2. The van der Waals surface area contributed by atoms with Crippen molar-refractivity contribution in [3.63, 3.8) is 0 Å². The fourth-order valence-corrected chi connectivity index (χ4v) is 2.93. The minimum absolute atomic E-state index is 0.0860. The first kappa shape index (κ1) is 20.4. The molecule has 0 aliphatic rings. The highest BCUT2D eigenvalue weighted by Gasteiger charge is 2.18. The number of carbonyl (C=O) groups excluding carboxylic acids is 1. The van der Waals surface area contributed by atoms with Crippen LogP contribution in [0.25, 0.3) is 17.1 Å². The van der Waals surface area contributed by atoms with Crippen LogP contribution in [0.2, 0.25) is 0 Å². The largest absolute Gasteiger partial charge is 0.497 e. The number of methoxy groups -OCH3 is 1. The van der Waals surface area contributed by atoms with Gasteiger partial charge >= 0.3 is 5.69 Å². The van der Waals surface area contributed by atoms with Crippen LogP contribution in [0.5, 0.6) is 5.75 Å². The summed E-state index contributed by atoms with van der Waals surface area (Å²) in [5, 5.41) is 7.39. The van der Waals surface area contributed by atoms with Crippen molar-refractivity contribution in [3.05, 3.63) is 65.1 Å². The highest BCUT2D eigenvalue weighted by Crippen LogP contribution is 2.18. The second kappa shape index (κ2) is 9.23. The van der Waals surface area contributed by atoms with E-state index in [9.17, 15) is 9.59 Å². The lowest BCUT2D eigenvalue weighted by Gasteiger charge is -2.08. The third-order valence-corrected chi connectivity index (χ3v) is 4.56. The van der Waals surface area contributed by atoms with Crippen molar-refractivity contribution in [3.8, 4) is 22.8 Å². The van der Waals surface area contributed by atoms with E-state index in [2.05, 4.69) is 24.3 Å². The molecule has 2 aromatic carbocycles. The summed E-state index contributed by atoms with van der Waals surface area (Å²) in [6, 6.07) is 16.4. The number of carbonyl (C=O) groups is 1. The Morgan fingerprint density at radius 1 is 1.10 bits per heavy atom. The van der Waals surface area contributed by atoms with Gasteiger partial charge in [0, 0.05) is 12.1 Å². The van der Waals surface area contributed by atoms with Gasteiger partial charge in [0.25, 0.3) is 0 Å². The molecule has 0 aliphatic carbocycles. The molecule has 1 N–H and O–H groups in total. The van der Waals surface area contributed by atoms with E-state index in [0.29, 0.717) is 29.7 Å². The van der Waals surface area contributed by atoms with Crippen LogP contribution >= 0.6 is 0 Å². The van der Waals surface area contributed by atoms with Crippen LogP contribution < -0.4 is 15.7 Å². The number of nitrogens with one attached hydrogen (secondary N) is 1. The van der Waals surface area contributed by atoms with Crippen molar-refractivity contribution in [1.29, 1.82) is 0 Å². The van der Waals surface area contributed by atoms with Crippen LogP contribution in [0.15, 0.2) is 59.4 Å². The van der Waals surface area contributed by atoms with Gasteiger partial charge in [0.1, 0.15) is 12.3 Å². The van der Waals surface area contributed by atoms with E-state index in [0.717, 1.165) is 12.0 Å². The molecule has 0 radical (unpaired) electrons. The van der Waals surface area contributed by atoms with Crippen molar-refractivity contribution in [1.82, 2.24) is 19.7 Å². The zero-order valence-electron chi connectivity index (χ0n) is 17.0. The predicted molar refractivity (Wildman–Crippen MR) is 112 cm³/mol. The lowest BCUT2D eigenvalue weighted by molar-refractivity contribution is -0.121. The molecule has 0 aliphatic heterocycles. The Morgan fingerprint density at radius 2 is 1.79 bits per heavy atom. The van der Waals surface area contributed by atoms with Gasteiger partial charge in [-0.2, -0.15) is 4.68 Å². The van der Waals surface area contributed by atoms with Crippen molar-refractivity contribution in [2.75, 3.05) is 13.7 Å². The Kier molecular flexibility index (Phi) is 6.49. The summed E-state index contributed by atoms with van der Waals surface area (Å²) < 4.78 is 7.89. The molecule has 0 atom stereocenters. The van der Waals surface area contributed by atoms with Gasteiger partial charge in [-0.1, -0.05) is 44.2 Å². The molecule has 1 amide bonds. The highest BCUT2D eigenvalue weighted by atomic mass is 16.5. The second-order valence-corrected chi connectivity index (χ2v) is 7.20. The molecule has 1 aromatic heterocycles. The number of ether oxygens (including phenoxy) is 1. The van der Waals surface area contributed by atoms with Crippen molar-refractivity contribution < 1.29 is 9.53 Å². The molecule has 0 unspecified atom stereocenters. The fourth-order valence-electron chi connectivity index (χ4n) is 2.93. The van der Waals surface area contributed by atoms with E-state index in [1.54, 1.807) is 31.4 Å². The zero-order chi connectivity index (χ0) is 20.8. The molecular formula is C22H26N4O3. The Labute approximate surface area is 169 Å². The van der Waals surface area contributed by atoms with Crippen molar-refractivity contribution >= 4 is 5.91 Å². The smallest absolute Gasteiger partial charge is 0.351 e. The summed E-state index contributed by atoms with van der Waals surface area (Å²) in [6.45, 7) is 4.70. The molecule has 29 heavy (non-hydrogen) atoms. The van der Waals surface area contributed by atoms with Gasteiger partial charge < -0.3 is 10.1 Å². The number of aromatic nitrogens is 3. The summed E-state index contributed by atoms with van der Waals surface area (Å²) in [5.74, 6) is 1.43. The van der Waals surface area contributed by atoms with Gasteiger partial charge in [-0.3, -0.25) is 9.36 Å². The summed E-state index contributed by atoms with van der Waals surface area (Å²) >= 11 is 0. The maximum Gasteiger partial charge on any atom is 0.351 e. The lowest BCUT2D eigenvalue weighted by atomic mass is 10.1. The van der Waals surface area contributed by atoms with Gasteiger partial charge in [-0.15, -0.1) is 5.10 Å². The monoisotopic (exact) mass is 394 g/mol.